The number of amides is 1. The van der Waals surface area contributed by atoms with Crippen molar-refractivity contribution in [2.24, 2.45) is 5.92 Å². The normalized spacial score (nSPS) is 22.2. The quantitative estimate of drug-likeness (QED) is 0.584. The number of carbonyl (C=O) groups excluding carboxylic acids is 1. The molecule has 0 unspecified atom stereocenters. The number of aryl methyl sites for hydroxylation is 2. The van der Waals surface area contributed by atoms with E-state index in [-0.39, 0.29) is 11.5 Å². The van der Waals surface area contributed by atoms with E-state index in [4.69, 9.17) is 4.98 Å². The van der Waals surface area contributed by atoms with Gasteiger partial charge in [0.05, 0.1) is 11.1 Å². The molecular weight excluding hydrogens is 390 g/mol. The van der Waals surface area contributed by atoms with E-state index in [0.717, 1.165) is 48.2 Å². The first kappa shape index (κ1) is 20.0. The Kier molecular flexibility index (Phi) is 6.11. The average molecular weight is 420 g/mol. The summed E-state index contributed by atoms with van der Waals surface area (Å²) in [7, 11) is 0. The van der Waals surface area contributed by atoms with Gasteiger partial charge >= 0.3 is 0 Å². The number of carbonyl (C=O) groups is 1. The number of hydrogen-bond donors (Lipinski definition) is 1. The van der Waals surface area contributed by atoms with Crippen LogP contribution in [0.25, 0.3) is 10.2 Å². The maximum Gasteiger partial charge on any atom is 0.263 e. The van der Waals surface area contributed by atoms with Crippen molar-refractivity contribution >= 4 is 39.2 Å². The van der Waals surface area contributed by atoms with Crippen LogP contribution in [0.15, 0.2) is 9.95 Å². The van der Waals surface area contributed by atoms with Crippen molar-refractivity contribution in [2.75, 3.05) is 5.75 Å². The molecule has 0 bridgehead atoms. The topological polar surface area (TPSA) is 64.0 Å². The largest absolute Gasteiger partial charge is 0.353 e. The minimum atomic E-state index is 0.0482. The van der Waals surface area contributed by atoms with Gasteiger partial charge in [-0.2, -0.15) is 0 Å². The third-order valence-corrected chi connectivity index (χ3v) is 8.23. The van der Waals surface area contributed by atoms with Crippen LogP contribution in [0.4, 0.5) is 0 Å². The Bertz CT molecular complexity index is 926. The molecule has 0 spiro atoms. The van der Waals surface area contributed by atoms with E-state index in [1.54, 1.807) is 15.9 Å². The molecule has 2 heterocycles. The van der Waals surface area contributed by atoms with Gasteiger partial charge in [-0.3, -0.25) is 14.2 Å². The van der Waals surface area contributed by atoms with Crippen LogP contribution in [-0.4, -0.2) is 27.3 Å². The van der Waals surface area contributed by atoms with Crippen LogP contribution in [0.3, 0.4) is 0 Å². The average Bonchev–Trinajstić information content (AvgIpc) is 3.07. The first-order chi connectivity index (χ1) is 13.6. The molecule has 5 nitrogen and oxygen atoms in total. The lowest BCUT2D eigenvalue weighted by Gasteiger charge is -2.26. The fourth-order valence-electron chi connectivity index (χ4n) is 4.41. The van der Waals surface area contributed by atoms with Crippen LogP contribution in [0.5, 0.6) is 0 Å². The van der Waals surface area contributed by atoms with Gasteiger partial charge in [-0.15, -0.1) is 11.3 Å². The molecular formula is C21H29N3O2S2. The maximum atomic E-state index is 13.1. The molecule has 28 heavy (non-hydrogen) atoms. The van der Waals surface area contributed by atoms with Crippen molar-refractivity contribution in [3.05, 3.63) is 20.8 Å². The van der Waals surface area contributed by atoms with Gasteiger partial charge in [0.15, 0.2) is 5.16 Å². The highest BCUT2D eigenvalue weighted by Gasteiger charge is 2.23. The fraction of sp³-hybridized carbons (Fsp3) is 0.667. The number of thioether (sulfide) groups is 1. The van der Waals surface area contributed by atoms with Crippen LogP contribution >= 0.6 is 23.1 Å². The van der Waals surface area contributed by atoms with Crippen LogP contribution in [-0.2, 0) is 24.2 Å². The molecule has 0 aromatic carbocycles. The van der Waals surface area contributed by atoms with Gasteiger partial charge in [0, 0.05) is 17.5 Å². The van der Waals surface area contributed by atoms with Crippen molar-refractivity contribution in [3.8, 4) is 0 Å². The lowest BCUT2D eigenvalue weighted by molar-refractivity contribution is -0.119. The van der Waals surface area contributed by atoms with Crippen LogP contribution in [0.2, 0.25) is 0 Å². The van der Waals surface area contributed by atoms with Crippen molar-refractivity contribution in [2.45, 2.75) is 83.0 Å². The SMILES string of the molecule is CCn1c(SCC(=O)NC2CCC(C)CC2)nc2sc3c(c2c1=O)CCCC3. The molecule has 2 aromatic rings. The summed E-state index contributed by atoms with van der Waals surface area (Å²) in [6.07, 6.45) is 8.93. The molecule has 2 aromatic heterocycles. The Morgan fingerprint density at radius 3 is 2.75 bits per heavy atom. The van der Waals surface area contributed by atoms with Gasteiger partial charge in [-0.25, -0.2) is 4.98 Å². The minimum absolute atomic E-state index is 0.0482. The van der Waals surface area contributed by atoms with E-state index in [0.29, 0.717) is 23.5 Å². The highest BCUT2D eigenvalue weighted by atomic mass is 32.2. The second-order valence-electron chi connectivity index (χ2n) is 8.15. The zero-order chi connectivity index (χ0) is 19.7. The Morgan fingerprint density at radius 2 is 2.00 bits per heavy atom. The van der Waals surface area contributed by atoms with Crippen molar-refractivity contribution in [1.82, 2.24) is 14.9 Å². The number of nitrogens with one attached hydrogen (secondary N) is 1. The molecule has 0 radical (unpaired) electrons. The van der Waals surface area contributed by atoms with E-state index in [1.807, 2.05) is 6.92 Å². The van der Waals surface area contributed by atoms with E-state index in [2.05, 4.69) is 12.2 Å². The molecule has 1 N–H and O–H groups in total. The number of nitrogens with zero attached hydrogens (tertiary/aromatic N) is 2. The first-order valence-electron chi connectivity index (χ1n) is 10.5. The molecule has 152 valence electrons. The van der Waals surface area contributed by atoms with Gasteiger partial charge in [0.1, 0.15) is 4.83 Å². The summed E-state index contributed by atoms with van der Waals surface area (Å²) >= 11 is 3.06. The third kappa shape index (κ3) is 4.01. The first-order valence-corrected chi connectivity index (χ1v) is 12.3. The summed E-state index contributed by atoms with van der Waals surface area (Å²) < 4.78 is 1.74. The summed E-state index contributed by atoms with van der Waals surface area (Å²) in [4.78, 5) is 32.5. The Balaban J connectivity index is 1.50. The summed E-state index contributed by atoms with van der Waals surface area (Å²) in [5.74, 6) is 1.14. The van der Waals surface area contributed by atoms with E-state index in [1.165, 1.54) is 41.5 Å². The van der Waals surface area contributed by atoms with E-state index < -0.39 is 0 Å². The zero-order valence-electron chi connectivity index (χ0n) is 16.8. The Labute approximate surface area is 174 Å². The molecule has 2 aliphatic rings. The van der Waals surface area contributed by atoms with Crippen molar-refractivity contribution < 1.29 is 4.79 Å². The Hall–Kier alpha value is -1.34. The molecule has 0 saturated heterocycles. The molecule has 1 saturated carbocycles. The van der Waals surface area contributed by atoms with Gasteiger partial charge in [0.25, 0.3) is 5.56 Å². The molecule has 0 atom stereocenters. The molecule has 1 fully saturated rings. The standard InChI is InChI=1S/C21H29N3O2S2/c1-3-24-20(26)18-15-6-4-5-7-16(15)28-19(18)23-21(24)27-12-17(25)22-14-10-8-13(2)9-11-14/h13-14H,3-12H2,1-2H3,(H,22,25). The summed E-state index contributed by atoms with van der Waals surface area (Å²) in [5.41, 5.74) is 1.29. The second-order valence-corrected chi connectivity index (χ2v) is 10.2. The number of fused-ring (bicyclic) bond motifs is 3. The van der Waals surface area contributed by atoms with Gasteiger partial charge in [0.2, 0.25) is 5.91 Å². The third-order valence-electron chi connectivity index (χ3n) is 6.07. The smallest absolute Gasteiger partial charge is 0.263 e. The van der Waals surface area contributed by atoms with Gasteiger partial charge in [-0.05, 0) is 69.8 Å². The molecule has 2 aliphatic carbocycles. The molecule has 1 amide bonds. The van der Waals surface area contributed by atoms with Crippen molar-refractivity contribution in [1.29, 1.82) is 0 Å². The monoisotopic (exact) mass is 419 g/mol. The van der Waals surface area contributed by atoms with Crippen molar-refractivity contribution in [3.63, 3.8) is 0 Å². The highest BCUT2D eigenvalue weighted by Crippen LogP contribution is 2.34. The lowest BCUT2D eigenvalue weighted by Crippen LogP contribution is -2.38. The fourth-order valence-corrected chi connectivity index (χ4v) is 6.59. The summed E-state index contributed by atoms with van der Waals surface area (Å²) in [6.45, 7) is 4.83. The number of hydrogen-bond acceptors (Lipinski definition) is 5. The predicted octanol–water partition coefficient (Wildman–Crippen LogP) is 4.14. The number of rotatable bonds is 5. The number of thiophene rings is 1. The maximum absolute atomic E-state index is 13.1. The van der Waals surface area contributed by atoms with Crippen LogP contribution in [0, 0.1) is 5.92 Å². The second kappa shape index (κ2) is 8.57. The highest BCUT2D eigenvalue weighted by molar-refractivity contribution is 7.99. The van der Waals surface area contributed by atoms with Gasteiger partial charge in [-0.1, -0.05) is 18.7 Å². The molecule has 7 heteroatoms. The zero-order valence-corrected chi connectivity index (χ0v) is 18.4. The van der Waals surface area contributed by atoms with E-state index in [9.17, 15) is 9.59 Å². The number of aromatic nitrogens is 2. The van der Waals surface area contributed by atoms with Crippen LogP contribution < -0.4 is 10.9 Å². The minimum Gasteiger partial charge on any atom is -0.353 e. The van der Waals surface area contributed by atoms with Gasteiger partial charge < -0.3 is 5.32 Å². The lowest BCUT2D eigenvalue weighted by atomic mass is 9.87. The Morgan fingerprint density at radius 1 is 1.25 bits per heavy atom. The molecule has 4 rings (SSSR count). The summed E-state index contributed by atoms with van der Waals surface area (Å²) in [6, 6.07) is 0.303. The van der Waals surface area contributed by atoms with Crippen LogP contribution in [0.1, 0.15) is 62.8 Å². The summed E-state index contributed by atoms with van der Waals surface area (Å²) in [5, 5.41) is 4.66. The predicted molar refractivity (Wildman–Crippen MR) is 116 cm³/mol. The van der Waals surface area contributed by atoms with E-state index >= 15 is 0 Å². The molecule has 0 aliphatic heterocycles.